The molecule has 0 aliphatic rings. The number of rotatable bonds is 14. The smallest absolute Gasteiger partial charge is 0.407 e. The number of aromatic nitrogens is 3. The van der Waals surface area contributed by atoms with Gasteiger partial charge < -0.3 is 25.4 Å². The van der Waals surface area contributed by atoms with Crippen LogP contribution in [0.25, 0.3) is 0 Å². The van der Waals surface area contributed by atoms with Gasteiger partial charge in [-0.15, -0.1) is 0 Å². The second-order valence-electron chi connectivity index (χ2n) is 8.27. The lowest BCUT2D eigenvalue weighted by Crippen LogP contribution is -2.57. The predicted molar refractivity (Wildman–Crippen MR) is 129 cm³/mol. The minimum Gasteiger partial charge on any atom is -0.481 e. The molecule has 0 aliphatic carbocycles. The monoisotopic (exact) mass is 536 g/mol. The molecular formula is C23H28N4O11. The first-order chi connectivity index (χ1) is 18.0. The molecule has 15 heteroatoms. The van der Waals surface area contributed by atoms with Gasteiger partial charge in [-0.05, 0) is 31.2 Å². The zero-order valence-electron chi connectivity index (χ0n) is 20.4. The summed E-state index contributed by atoms with van der Waals surface area (Å²) in [6, 6.07) is 5.25. The third-order valence-electron chi connectivity index (χ3n) is 5.61. The van der Waals surface area contributed by atoms with Gasteiger partial charge in [-0.1, -0.05) is 30.3 Å². The number of nitrogens with zero attached hydrogens (tertiary/aromatic N) is 3. The van der Waals surface area contributed by atoms with Gasteiger partial charge in [0.05, 0.1) is 0 Å². The van der Waals surface area contributed by atoms with Crippen LogP contribution >= 0.6 is 0 Å². The highest BCUT2D eigenvalue weighted by Crippen LogP contribution is 2.14. The molecule has 0 aliphatic heterocycles. The second kappa shape index (κ2) is 13.6. The van der Waals surface area contributed by atoms with Gasteiger partial charge in [-0.2, -0.15) is 0 Å². The molecule has 1 aromatic carbocycles. The van der Waals surface area contributed by atoms with Crippen molar-refractivity contribution in [1.29, 1.82) is 0 Å². The van der Waals surface area contributed by atoms with Crippen molar-refractivity contribution >= 4 is 24.0 Å². The summed E-state index contributed by atoms with van der Waals surface area (Å²) in [5, 5.41) is 30.5. The van der Waals surface area contributed by atoms with E-state index in [9.17, 15) is 43.8 Å². The summed E-state index contributed by atoms with van der Waals surface area (Å²) in [5.41, 5.74) is -3.29. The normalized spacial score (nSPS) is 12.3. The summed E-state index contributed by atoms with van der Waals surface area (Å²) in [5.74, 6) is -4.66. The van der Waals surface area contributed by atoms with Crippen molar-refractivity contribution in [2.24, 2.45) is 7.05 Å². The number of carboxylic acids is 3. The minimum atomic E-state index is -1.94. The van der Waals surface area contributed by atoms with E-state index in [1.54, 1.807) is 24.3 Å². The first kappa shape index (κ1) is 29.5. The fourth-order valence-corrected chi connectivity index (χ4v) is 3.63. The second-order valence-corrected chi connectivity index (χ2v) is 8.27. The third-order valence-corrected chi connectivity index (χ3v) is 5.61. The van der Waals surface area contributed by atoms with Crippen LogP contribution in [0.5, 0.6) is 0 Å². The highest BCUT2D eigenvalue weighted by Gasteiger charge is 2.31. The van der Waals surface area contributed by atoms with E-state index in [4.69, 9.17) is 9.84 Å². The lowest BCUT2D eigenvalue weighted by molar-refractivity contribution is -0.142. The lowest BCUT2D eigenvalue weighted by Gasteiger charge is -2.20. The SMILES string of the molecule is Cn1c(=O)n(C(CCCCNC(=O)OCc2ccccc2)C(=O)O)c(=O)n([C@@H](CCC(=O)O)C(=O)O)c1=O. The van der Waals surface area contributed by atoms with E-state index in [0.717, 1.165) is 12.6 Å². The highest BCUT2D eigenvalue weighted by molar-refractivity contribution is 5.74. The molecule has 0 radical (unpaired) electrons. The van der Waals surface area contributed by atoms with Crippen molar-refractivity contribution in [3.63, 3.8) is 0 Å². The zero-order valence-corrected chi connectivity index (χ0v) is 20.4. The number of ether oxygens (including phenoxy) is 1. The molecule has 0 saturated heterocycles. The molecular weight excluding hydrogens is 508 g/mol. The maximum Gasteiger partial charge on any atom is 0.407 e. The van der Waals surface area contributed by atoms with Gasteiger partial charge in [0.2, 0.25) is 0 Å². The molecule has 0 saturated carbocycles. The molecule has 0 fully saturated rings. The van der Waals surface area contributed by atoms with Crippen molar-refractivity contribution in [1.82, 2.24) is 19.0 Å². The topological polar surface area (TPSA) is 216 Å². The Labute approximate surface area is 214 Å². The Balaban J connectivity index is 2.15. The molecule has 206 valence electrons. The number of hydrogen-bond acceptors (Lipinski definition) is 8. The average Bonchev–Trinajstić information content (AvgIpc) is 2.86. The van der Waals surface area contributed by atoms with E-state index in [-0.39, 0.29) is 41.5 Å². The Morgan fingerprint density at radius 2 is 1.39 bits per heavy atom. The van der Waals surface area contributed by atoms with E-state index >= 15 is 0 Å². The van der Waals surface area contributed by atoms with Crippen molar-refractivity contribution in [3.8, 4) is 0 Å². The van der Waals surface area contributed by atoms with Crippen LogP contribution in [0, 0.1) is 0 Å². The Bertz CT molecular complexity index is 1340. The van der Waals surface area contributed by atoms with Crippen molar-refractivity contribution < 1.29 is 39.2 Å². The van der Waals surface area contributed by atoms with Crippen molar-refractivity contribution in [3.05, 3.63) is 67.3 Å². The summed E-state index contributed by atoms with van der Waals surface area (Å²) in [4.78, 5) is 84.6. The molecule has 1 amide bonds. The fraction of sp³-hybridized carbons (Fsp3) is 0.435. The van der Waals surface area contributed by atoms with Gasteiger partial charge in [-0.3, -0.25) is 4.79 Å². The summed E-state index contributed by atoms with van der Waals surface area (Å²) < 4.78 is 5.88. The molecule has 38 heavy (non-hydrogen) atoms. The minimum absolute atomic E-state index is 0.0550. The van der Waals surface area contributed by atoms with Crippen LogP contribution in [0.1, 0.15) is 49.8 Å². The van der Waals surface area contributed by atoms with Gasteiger partial charge in [0, 0.05) is 20.0 Å². The molecule has 2 atom stereocenters. The van der Waals surface area contributed by atoms with E-state index in [1.807, 2.05) is 6.07 Å². The van der Waals surface area contributed by atoms with E-state index in [2.05, 4.69) is 5.32 Å². The molecule has 4 N–H and O–H groups in total. The first-order valence-corrected chi connectivity index (χ1v) is 11.5. The van der Waals surface area contributed by atoms with Gasteiger partial charge in [0.25, 0.3) is 0 Å². The van der Waals surface area contributed by atoms with Crippen molar-refractivity contribution in [2.75, 3.05) is 6.54 Å². The summed E-state index contributed by atoms with van der Waals surface area (Å²) in [6.07, 6.45) is -1.95. The number of unbranched alkanes of at least 4 members (excludes halogenated alkanes) is 1. The van der Waals surface area contributed by atoms with E-state index in [0.29, 0.717) is 4.57 Å². The number of aliphatic carboxylic acids is 3. The number of carbonyl (C=O) groups is 4. The van der Waals surface area contributed by atoms with E-state index < -0.39 is 66.0 Å². The van der Waals surface area contributed by atoms with Crippen LogP contribution < -0.4 is 22.4 Å². The maximum atomic E-state index is 13.0. The number of amides is 1. The average molecular weight is 536 g/mol. The predicted octanol–water partition coefficient (Wildman–Crippen LogP) is -0.0784. The third kappa shape index (κ3) is 7.65. The number of carbonyl (C=O) groups excluding carboxylic acids is 1. The number of hydrogen-bond donors (Lipinski definition) is 4. The van der Waals surface area contributed by atoms with Crippen LogP contribution in [0.3, 0.4) is 0 Å². The van der Waals surface area contributed by atoms with Crippen molar-refractivity contribution in [2.45, 2.75) is 50.8 Å². The molecule has 15 nitrogen and oxygen atoms in total. The number of benzene rings is 1. The first-order valence-electron chi connectivity index (χ1n) is 11.5. The number of nitrogens with one attached hydrogen (secondary N) is 1. The highest BCUT2D eigenvalue weighted by atomic mass is 16.5. The van der Waals surface area contributed by atoms with Crippen LogP contribution in [0.15, 0.2) is 44.7 Å². The molecule has 2 aromatic rings. The Hall–Kier alpha value is -4.69. The van der Waals surface area contributed by atoms with Crippen LogP contribution in [-0.4, -0.2) is 59.6 Å². The molecule has 2 rings (SSSR count). The molecule has 1 unspecified atom stereocenters. The molecule has 1 aromatic heterocycles. The molecule has 0 bridgehead atoms. The standard InChI is InChI=1S/C23H28N4O11/c1-25-21(35)26(23(37)27(22(25)36)16(19(32)33)10-11-17(28)29)15(18(30)31)9-5-6-12-24-20(34)38-13-14-7-3-2-4-8-14/h2-4,7-8,15-16H,5-6,9-13H2,1H3,(H,24,34)(H,28,29)(H,30,31)(H,32,33)/t15?,16-/m0/s1. The number of alkyl carbamates (subject to hydrolysis) is 1. The molecule has 1 heterocycles. The maximum absolute atomic E-state index is 13.0. The Morgan fingerprint density at radius 3 is 1.92 bits per heavy atom. The quantitative estimate of drug-likeness (QED) is 0.234. The lowest BCUT2D eigenvalue weighted by atomic mass is 10.1. The Kier molecular flexibility index (Phi) is 10.6. The summed E-state index contributed by atoms with van der Waals surface area (Å²) >= 11 is 0. The van der Waals surface area contributed by atoms with Crippen LogP contribution in [0.4, 0.5) is 4.79 Å². The summed E-state index contributed by atoms with van der Waals surface area (Å²) in [6.45, 7) is 0.155. The zero-order chi connectivity index (χ0) is 28.4. The van der Waals surface area contributed by atoms with Crippen LogP contribution in [-0.2, 0) is 32.8 Å². The molecule has 0 spiro atoms. The largest absolute Gasteiger partial charge is 0.481 e. The van der Waals surface area contributed by atoms with Gasteiger partial charge >= 0.3 is 41.1 Å². The van der Waals surface area contributed by atoms with E-state index in [1.165, 1.54) is 0 Å². The Morgan fingerprint density at radius 1 is 0.842 bits per heavy atom. The van der Waals surface area contributed by atoms with Gasteiger partial charge in [0.15, 0.2) is 0 Å². The summed E-state index contributed by atoms with van der Waals surface area (Å²) in [7, 11) is 0.942. The van der Waals surface area contributed by atoms with Gasteiger partial charge in [-0.25, -0.2) is 42.5 Å². The van der Waals surface area contributed by atoms with Crippen LogP contribution in [0.2, 0.25) is 0 Å². The number of carboxylic acid groups (broad SMARTS) is 3. The van der Waals surface area contributed by atoms with Gasteiger partial charge in [0.1, 0.15) is 18.7 Å². The fourth-order valence-electron chi connectivity index (χ4n) is 3.63.